The minimum atomic E-state index is -0.717. The lowest BCUT2D eigenvalue weighted by Crippen LogP contribution is -2.44. The summed E-state index contributed by atoms with van der Waals surface area (Å²) in [5, 5.41) is 15.1. The number of carbonyl (C=O) groups excluding carboxylic acids is 1. The van der Waals surface area contributed by atoms with Crippen molar-refractivity contribution >= 4 is 11.9 Å². The van der Waals surface area contributed by atoms with E-state index in [-0.39, 0.29) is 23.8 Å². The molecule has 0 aromatic rings. The van der Waals surface area contributed by atoms with Crippen molar-refractivity contribution < 1.29 is 19.4 Å². The molecular weight excluding hydrogens is 260 g/mol. The van der Waals surface area contributed by atoms with Gasteiger partial charge in [0.2, 0.25) is 5.91 Å². The first kappa shape index (κ1) is 16.9. The second kappa shape index (κ2) is 8.92. The predicted octanol–water partition coefficient (Wildman–Crippen LogP) is 0.618. The number of carboxylic acids is 1. The molecule has 20 heavy (non-hydrogen) atoms. The van der Waals surface area contributed by atoms with Gasteiger partial charge >= 0.3 is 5.97 Å². The quantitative estimate of drug-likeness (QED) is 0.541. The fourth-order valence-electron chi connectivity index (χ4n) is 2.61. The van der Waals surface area contributed by atoms with Crippen molar-refractivity contribution in [1.82, 2.24) is 10.6 Å². The third-order valence-corrected chi connectivity index (χ3v) is 3.88. The van der Waals surface area contributed by atoms with E-state index in [1.807, 2.05) is 0 Å². The number of amides is 1. The van der Waals surface area contributed by atoms with E-state index in [2.05, 4.69) is 10.6 Å². The highest BCUT2D eigenvalue weighted by Crippen LogP contribution is 2.31. The van der Waals surface area contributed by atoms with Crippen LogP contribution in [0.2, 0.25) is 0 Å². The molecule has 6 heteroatoms. The zero-order valence-corrected chi connectivity index (χ0v) is 12.4. The highest BCUT2D eigenvalue weighted by atomic mass is 16.5. The van der Waals surface area contributed by atoms with E-state index in [4.69, 9.17) is 9.84 Å². The molecule has 3 atom stereocenters. The van der Waals surface area contributed by atoms with Crippen molar-refractivity contribution in [2.75, 3.05) is 26.8 Å². The zero-order valence-electron chi connectivity index (χ0n) is 12.4. The Hall–Kier alpha value is -1.14. The maximum atomic E-state index is 11.8. The Morgan fingerprint density at radius 2 is 2.15 bits per heavy atom. The van der Waals surface area contributed by atoms with Crippen LogP contribution in [-0.4, -0.2) is 49.8 Å². The largest absolute Gasteiger partial charge is 0.481 e. The molecule has 0 spiro atoms. The SMILES string of the molecule is COCCCNC(=O)C(C)NCC1CCCC1C(=O)O. The van der Waals surface area contributed by atoms with Crippen LogP contribution in [0.4, 0.5) is 0 Å². The van der Waals surface area contributed by atoms with Crippen molar-refractivity contribution in [2.45, 2.75) is 38.6 Å². The fraction of sp³-hybridized carbons (Fsp3) is 0.857. The molecule has 0 saturated heterocycles. The molecule has 0 aromatic heterocycles. The van der Waals surface area contributed by atoms with Gasteiger partial charge in [-0.25, -0.2) is 0 Å². The number of nitrogens with one attached hydrogen (secondary N) is 2. The first-order valence-corrected chi connectivity index (χ1v) is 7.29. The van der Waals surface area contributed by atoms with Crippen LogP contribution in [0.25, 0.3) is 0 Å². The van der Waals surface area contributed by atoms with Crippen LogP contribution in [0.5, 0.6) is 0 Å². The van der Waals surface area contributed by atoms with E-state index >= 15 is 0 Å². The van der Waals surface area contributed by atoms with Gasteiger partial charge in [0.1, 0.15) is 0 Å². The number of ether oxygens (including phenoxy) is 1. The zero-order chi connectivity index (χ0) is 15.0. The molecule has 0 aliphatic heterocycles. The third kappa shape index (κ3) is 5.46. The Labute approximate surface area is 120 Å². The van der Waals surface area contributed by atoms with Crippen LogP contribution in [0.1, 0.15) is 32.6 Å². The van der Waals surface area contributed by atoms with Gasteiger partial charge in [-0.2, -0.15) is 0 Å². The number of hydrogen-bond donors (Lipinski definition) is 3. The van der Waals surface area contributed by atoms with Gasteiger partial charge in [0.15, 0.2) is 0 Å². The highest BCUT2D eigenvalue weighted by molar-refractivity contribution is 5.81. The maximum Gasteiger partial charge on any atom is 0.306 e. The Morgan fingerprint density at radius 3 is 2.80 bits per heavy atom. The van der Waals surface area contributed by atoms with Crippen LogP contribution < -0.4 is 10.6 Å². The van der Waals surface area contributed by atoms with Crippen molar-refractivity contribution in [3.63, 3.8) is 0 Å². The highest BCUT2D eigenvalue weighted by Gasteiger charge is 2.32. The predicted molar refractivity (Wildman–Crippen MR) is 75.4 cm³/mol. The van der Waals surface area contributed by atoms with Crippen molar-refractivity contribution in [3.05, 3.63) is 0 Å². The lowest BCUT2D eigenvalue weighted by atomic mass is 9.96. The average molecular weight is 286 g/mol. The Morgan fingerprint density at radius 1 is 1.40 bits per heavy atom. The van der Waals surface area contributed by atoms with E-state index in [0.717, 1.165) is 25.7 Å². The molecule has 1 aliphatic rings. The standard InChI is InChI=1S/C14H26N2O4/c1-10(13(17)15-7-4-8-20-2)16-9-11-5-3-6-12(11)14(18)19/h10-12,16H,3-9H2,1-2H3,(H,15,17)(H,18,19). The molecule has 0 bridgehead atoms. The van der Waals surface area contributed by atoms with Crippen LogP contribution in [0.15, 0.2) is 0 Å². The van der Waals surface area contributed by atoms with Gasteiger partial charge in [-0.3, -0.25) is 9.59 Å². The summed E-state index contributed by atoms with van der Waals surface area (Å²) in [7, 11) is 1.63. The van der Waals surface area contributed by atoms with Crippen LogP contribution >= 0.6 is 0 Å². The molecule has 1 amide bonds. The summed E-state index contributed by atoms with van der Waals surface area (Å²) in [5.74, 6) is -0.896. The second-order valence-electron chi connectivity index (χ2n) is 5.40. The van der Waals surface area contributed by atoms with E-state index in [1.54, 1.807) is 14.0 Å². The Bertz CT molecular complexity index is 322. The molecule has 1 fully saturated rings. The first-order chi connectivity index (χ1) is 9.56. The van der Waals surface area contributed by atoms with Crippen molar-refractivity contribution in [1.29, 1.82) is 0 Å². The lowest BCUT2D eigenvalue weighted by molar-refractivity contribution is -0.142. The fourth-order valence-corrected chi connectivity index (χ4v) is 2.61. The summed E-state index contributed by atoms with van der Waals surface area (Å²) in [6.07, 6.45) is 3.42. The Kier molecular flexibility index (Phi) is 7.54. The minimum Gasteiger partial charge on any atom is -0.481 e. The van der Waals surface area contributed by atoms with Crippen LogP contribution in [0.3, 0.4) is 0 Å². The van der Waals surface area contributed by atoms with E-state index in [0.29, 0.717) is 19.7 Å². The normalized spacial score (nSPS) is 23.5. The maximum absolute atomic E-state index is 11.8. The molecule has 3 unspecified atom stereocenters. The topological polar surface area (TPSA) is 87.7 Å². The summed E-state index contributed by atoms with van der Waals surface area (Å²) >= 11 is 0. The monoisotopic (exact) mass is 286 g/mol. The molecule has 1 rings (SSSR count). The van der Waals surface area contributed by atoms with Gasteiger partial charge in [-0.1, -0.05) is 6.42 Å². The van der Waals surface area contributed by atoms with E-state index < -0.39 is 5.97 Å². The first-order valence-electron chi connectivity index (χ1n) is 7.29. The third-order valence-electron chi connectivity index (χ3n) is 3.88. The number of hydrogen-bond acceptors (Lipinski definition) is 4. The van der Waals surface area contributed by atoms with Crippen molar-refractivity contribution in [3.8, 4) is 0 Å². The number of rotatable bonds is 9. The average Bonchev–Trinajstić information content (AvgIpc) is 2.89. The molecule has 1 aliphatic carbocycles. The number of carboxylic acid groups (broad SMARTS) is 1. The molecule has 0 aromatic carbocycles. The smallest absolute Gasteiger partial charge is 0.306 e. The minimum absolute atomic E-state index is 0.0500. The molecule has 6 nitrogen and oxygen atoms in total. The van der Waals surface area contributed by atoms with Crippen LogP contribution in [-0.2, 0) is 14.3 Å². The summed E-state index contributed by atoms with van der Waals surface area (Å²) in [6.45, 7) is 3.62. The number of aliphatic carboxylic acids is 1. The molecule has 3 N–H and O–H groups in total. The van der Waals surface area contributed by atoms with Gasteiger partial charge in [-0.05, 0) is 38.6 Å². The summed E-state index contributed by atoms with van der Waals surface area (Å²) in [5.41, 5.74) is 0. The molecular formula is C14H26N2O4. The number of methoxy groups -OCH3 is 1. The van der Waals surface area contributed by atoms with E-state index in [9.17, 15) is 9.59 Å². The molecule has 1 saturated carbocycles. The lowest BCUT2D eigenvalue weighted by Gasteiger charge is -2.20. The van der Waals surface area contributed by atoms with Gasteiger partial charge < -0.3 is 20.5 Å². The van der Waals surface area contributed by atoms with Gasteiger partial charge in [0, 0.05) is 20.3 Å². The van der Waals surface area contributed by atoms with Crippen molar-refractivity contribution in [2.24, 2.45) is 11.8 Å². The van der Waals surface area contributed by atoms with Crippen LogP contribution in [0, 0.1) is 11.8 Å². The van der Waals surface area contributed by atoms with E-state index in [1.165, 1.54) is 0 Å². The molecule has 0 heterocycles. The van der Waals surface area contributed by atoms with Gasteiger partial charge in [0.05, 0.1) is 12.0 Å². The number of carbonyl (C=O) groups is 2. The summed E-state index contributed by atoms with van der Waals surface area (Å²) < 4.78 is 4.91. The molecule has 116 valence electrons. The van der Waals surface area contributed by atoms with Gasteiger partial charge in [-0.15, -0.1) is 0 Å². The summed E-state index contributed by atoms with van der Waals surface area (Å²) in [6, 6.07) is -0.299. The molecule has 0 radical (unpaired) electrons. The van der Waals surface area contributed by atoms with Gasteiger partial charge in [0.25, 0.3) is 0 Å². The second-order valence-corrected chi connectivity index (χ2v) is 5.40. The Balaban J connectivity index is 2.23. The summed E-state index contributed by atoms with van der Waals surface area (Å²) in [4.78, 5) is 22.9.